The zero-order valence-corrected chi connectivity index (χ0v) is 13.4. The van der Waals surface area contributed by atoms with E-state index in [9.17, 15) is 0 Å². The molecule has 2 heterocycles. The first kappa shape index (κ1) is 13.4. The van der Waals surface area contributed by atoms with E-state index in [1.54, 1.807) is 11.3 Å². The minimum absolute atomic E-state index is 0.293. The monoisotopic (exact) mass is 287 g/mol. The number of fused-ring (bicyclic) bond motifs is 1. The van der Waals surface area contributed by atoms with E-state index in [-0.39, 0.29) is 18.3 Å². The molecule has 0 unspecified atom stereocenters. The maximum Gasteiger partial charge on any atom is 0.496 e. The van der Waals surface area contributed by atoms with Crippen LogP contribution >= 0.6 is 11.3 Å². The third-order valence-corrected chi connectivity index (χ3v) is 5.55. The van der Waals surface area contributed by atoms with Gasteiger partial charge in [0.15, 0.2) is 0 Å². The van der Waals surface area contributed by atoms with Crippen LogP contribution in [0.2, 0.25) is 0 Å². The Hall–Kier alpha value is -0.618. The molecule has 0 aliphatic carbocycles. The summed E-state index contributed by atoms with van der Waals surface area (Å²) in [6.07, 6.45) is 0. The van der Waals surface area contributed by atoms with Crippen molar-refractivity contribution in [2.24, 2.45) is 0 Å². The lowest BCUT2D eigenvalue weighted by Gasteiger charge is -2.32. The van der Waals surface area contributed by atoms with E-state index in [0.29, 0.717) is 0 Å². The van der Waals surface area contributed by atoms with Gasteiger partial charge in [-0.1, -0.05) is 18.2 Å². The first-order valence-corrected chi connectivity index (χ1v) is 7.71. The summed E-state index contributed by atoms with van der Waals surface area (Å²) in [5.74, 6) is 0. The van der Waals surface area contributed by atoms with Crippen LogP contribution in [0.15, 0.2) is 24.3 Å². The molecular formula is C14H16BO2SSi. The summed E-state index contributed by atoms with van der Waals surface area (Å²) in [5.41, 5.74) is 0.521. The third-order valence-electron chi connectivity index (χ3n) is 4.08. The molecule has 2 aromatic rings. The van der Waals surface area contributed by atoms with Crippen molar-refractivity contribution in [3.63, 3.8) is 0 Å². The summed E-state index contributed by atoms with van der Waals surface area (Å²) in [4.78, 5) is 0. The standard InChI is InChI=1S/C14H16BO2SSi/c1-13(2)14(3,4)17-15(16-13)10-7-5-6-9-8-11(19)18-12(9)10/h5-8H,1-4H3. The lowest BCUT2D eigenvalue weighted by molar-refractivity contribution is 0.00578. The highest BCUT2D eigenvalue weighted by Gasteiger charge is 2.52. The smallest absolute Gasteiger partial charge is 0.399 e. The van der Waals surface area contributed by atoms with Gasteiger partial charge in [0.25, 0.3) is 0 Å². The predicted molar refractivity (Wildman–Crippen MR) is 82.9 cm³/mol. The summed E-state index contributed by atoms with van der Waals surface area (Å²) in [6.45, 7) is 8.32. The number of thiophene rings is 1. The van der Waals surface area contributed by atoms with Crippen molar-refractivity contribution in [1.82, 2.24) is 0 Å². The van der Waals surface area contributed by atoms with Crippen molar-refractivity contribution < 1.29 is 9.31 Å². The van der Waals surface area contributed by atoms with Crippen LogP contribution in [-0.2, 0) is 9.31 Å². The Morgan fingerprint density at radius 2 is 1.74 bits per heavy atom. The van der Waals surface area contributed by atoms with Crippen LogP contribution in [0.25, 0.3) is 10.1 Å². The molecule has 19 heavy (non-hydrogen) atoms. The van der Waals surface area contributed by atoms with Crippen LogP contribution in [-0.4, -0.2) is 28.6 Å². The Bertz CT molecular complexity index is 619. The molecule has 5 heteroatoms. The van der Waals surface area contributed by atoms with Gasteiger partial charge in [0.05, 0.1) is 21.4 Å². The molecule has 1 saturated heterocycles. The van der Waals surface area contributed by atoms with E-state index >= 15 is 0 Å². The van der Waals surface area contributed by atoms with Crippen LogP contribution in [0.1, 0.15) is 27.7 Å². The zero-order chi connectivity index (χ0) is 13.8. The summed E-state index contributed by atoms with van der Waals surface area (Å²) in [5, 5.41) is 1.22. The van der Waals surface area contributed by atoms with Crippen molar-refractivity contribution in [2.75, 3.05) is 0 Å². The van der Waals surface area contributed by atoms with E-state index in [0.717, 1.165) is 9.96 Å². The molecule has 1 aliphatic heterocycles. The molecule has 1 aromatic carbocycles. The van der Waals surface area contributed by atoms with E-state index in [4.69, 9.17) is 9.31 Å². The van der Waals surface area contributed by atoms with Crippen molar-refractivity contribution in [3.05, 3.63) is 24.3 Å². The topological polar surface area (TPSA) is 18.5 Å². The first-order valence-electron chi connectivity index (χ1n) is 6.40. The second kappa shape index (κ2) is 4.19. The Morgan fingerprint density at radius 1 is 1.11 bits per heavy atom. The molecule has 3 radical (unpaired) electrons. The zero-order valence-electron chi connectivity index (χ0n) is 11.6. The second-order valence-electron chi connectivity index (χ2n) is 5.96. The average molecular weight is 287 g/mol. The lowest BCUT2D eigenvalue weighted by atomic mass is 9.78. The molecule has 0 amide bonds. The normalized spacial score (nSPS) is 21.2. The molecule has 0 spiro atoms. The van der Waals surface area contributed by atoms with E-state index < -0.39 is 0 Å². The van der Waals surface area contributed by atoms with Gasteiger partial charge in [-0.3, -0.25) is 0 Å². The highest BCUT2D eigenvalue weighted by atomic mass is 32.1. The van der Waals surface area contributed by atoms with Gasteiger partial charge in [0.1, 0.15) is 0 Å². The predicted octanol–water partition coefficient (Wildman–Crippen LogP) is 1.99. The molecule has 0 bridgehead atoms. The number of hydrogen-bond donors (Lipinski definition) is 0. The van der Waals surface area contributed by atoms with Gasteiger partial charge in [0, 0.05) is 10.2 Å². The molecule has 0 atom stereocenters. The number of benzene rings is 1. The maximum atomic E-state index is 6.14. The van der Waals surface area contributed by atoms with E-state index in [2.05, 4.69) is 62.2 Å². The molecular weight excluding hydrogens is 271 g/mol. The van der Waals surface area contributed by atoms with Crippen molar-refractivity contribution >= 4 is 48.7 Å². The molecule has 1 aliphatic rings. The average Bonchev–Trinajstić information content (AvgIpc) is 2.75. The van der Waals surface area contributed by atoms with Crippen LogP contribution in [0.3, 0.4) is 0 Å². The SMILES string of the molecule is CC1(C)OB(c2cccc3cc([Si])sc23)OC1(C)C. The lowest BCUT2D eigenvalue weighted by Crippen LogP contribution is -2.41. The van der Waals surface area contributed by atoms with Crippen LogP contribution in [0, 0.1) is 0 Å². The number of rotatable bonds is 1. The van der Waals surface area contributed by atoms with E-state index in [1.807, 2.05) is 0 Å². The van der Waals surface area contributed by atoms with Gasteiger partial charge in [0.2, 0.25) is 0 Å². The van der Waals surface area contributed by atoms with Gasteiger partial charge in [-0.15, -0.1) is 11.3 Å². The van der Waals surface area contributed by atoms with Crippen molar-refractivity contribution in [1.29, 1.82) is 0 Å². The summed E-state index contributed by atoms with van der Waals surface area (Å²) >= 11 is 1.72. The second-order valence-corrected chi connectivity index (χ2v) is 7.92. The Labute approximate surface area is 121 Å². The van der Waals surface area contributed by atoms with Crippen molar-refractivity contribution in [2.45, 2.75) is 38.9 Å². The Balaban J connectivity index is 2.07. The molecule has 3 rings (SSSR count). The van der Waals surface area contributed by atoms with Crippen LogP contribution < -0.4 is 9.96 Å². The maximum absolute atomic E-state index is 6.14. The fourth-order valence-corrected chi connectivity index (χ4v) is 3.64. The highest BCUT2D eigenvalue weighted by molar-refractivity contribution is 7.27. The van der Waals surface area contributed by atoms with Gasteiger partial charge in [-0.2, -0.15) is 0 Å². The van der Waals surface area contributed by atoms with Gasteiger partial charge in [-0.05, 0) is 43.6 Å². The Morgan fingerprint density at radius 3 is 2.37 bits per heavy atom. The number of hydrogen-bond acceptors (Lipinski definition) is 3. The molecule has 0 N–H and O–H groups in total. The molecule has 0 saturated carbocycles. The van der Waals surface area contributed by atoms with Crippen LogP contribution in [0.4, 0.5) is 0 Å². The largest absolute Gasteiger partial charge is 0.496 e. The minimum Gasteiger partial charge on any atom is -0.399 e. The van der Waals surface area contributed by atoms with Gasteiger partial charge >= 0.3 is 7.12 Å². The van der Waals surface area contributed by atoms with E-state index in [1.165, 1.54) is 10.1 Å². The first-order chi connectivity index (χ1) is 8.80. The minimum atomic E-state index is -0.298. The quantitative estimate of drug-likeness (QED) is 0.747. The van der Waals surface area contributed by atoms with Crippen LogP contribution in [0.5, 0.6) is 0 Å². The molecule has 1 fully saturated rings. The summed E-state index contributed by atoms with van der Waals surface area (Å²) < 4.78 is 14.6. The summed E-state index contributed by atoms with van der Waals surface area (Å²) in [7, 11) is 3.31. The fraction of sp³-hybridized carbons (Fsp3) is 0.429. The van der Waals surface area contributed by atoms with Gasteiger partial charge < -0.3 is 9.31 Å². The molecule has 2 nitrogen and oxygen atoms in total. The van der Waals surface area contributed by atoms with Crippen molar-refractivity contribution in [3.8, 4) is 0 Å². The molecule has 1 aromatic heterocycles. The fourth-order valence-electron chi connectivity index (χ4n) is 2.24. The Kier molecular flexibility index (Phi) is 2.95. The summed E-state index contributed by atoms with van der Waals surface area (Å²) in [6, 6.07) is 8.39. The highest BCUT2D eigenvalue weighted by Crippen LogP contribution is 2.37. The molecule has 97 valence electrons. The van der Waals surface area contributed by atoms with Gasteiger partial charge in [-0.25, -0.2) is 0 Å². The third kappa shape index (κ3) is 2.09.